The first-order valence-electron chi connectivity index (χ1n) is 5.90. The minimum atomic E-state index is -0.995. The van der Waals surface area contributed by atoms with Crippen LogP contribution in [0.3, 0.4) is 0 Å². The molecule has 1 aromatic rings. The Hall–Kier alpha value is -1.76. The van der Waals surface area contributed by atoms with Crippen LogP contribution in [0.25, 0.3) is 10.4 Å². The molecule has 8 heteroatoms. The highest BCUT2D eigenvalue weighted by Crippen LogP contribution is 2.28. The van der Waals surface area contributed by atoms with Gasteiger partial charge in [0.2, 0.25) is 0 Å². The zero-order valence-corrected chi connectivity index (χ0v) is 12.5. The van der Waals surface area contributed by atoms with E-state index in [1.807, 2.05) is 0 Å². The Labute approximate surface area is 124 Å². The highest BCUT2D eigenvalue weighted by Gasteiger charge is 2.22. The van der Waals surface area contributed by atoms with Crippen LogP contribution in [0.15, 0.2) is 27.8 Å². The Kier molecular flexibility index (Phi) is 6.86. The summed E-state index contributed by atoms with van der Waals surface area (Å²) >= 11 is 3.31. The second kappa shape index (κ2) is 8.42. The van der Waals surface area contributed by atoms with E-state index >= 15 is 0 Å². The molecule has 2 N–H and O–H groups in total. The minimum absolute atomic E-state index is 0.325. The third-order valence-corrected chi connectivity index (χ3v) is 3.09. The van der Waals surface area contributed by atoms with Gasteiger partial charge in [-0.1, -0.05) is 21.0 Å². The van der Waals surface area contributed by atoms with Gasteiger partial charge >= 0.3 is 5.97 Å². The fourth-order valence-electron chi connectivity index (χ4n) is 1.70. The number of benzene rings is 1. The van der Waals surface area contributed by atoms with E-state index in [-0.39, 0.29) is 0 Å². The number of carbonyl (C=O) groups is 1. The summed E-state index contributed by atoms with van der Waals surface area (Å²) in [5, 5.41) is 15.6. The highest BCUT2D eigenvalue weighted by molar-refractivity contribution is 9.10. The van der Waals surface area contributed by atoms with Gasteiger partial charge in [-0.2, -0.15) is 0 Å². The third-order valence-electron chi connectivity index (χ3n) is 2.60. The molecule has 1 aromatic carbocycles. The van der Waals surface area contributed by atoms with Crippen molar-refractivity contribution in [3.63, 3.8) is 0 Å². The molecular weight excluding hydrogens is 328 g/mol. The predicted molar refractivity (Wildman–Crippen MR) is 77.7 cm³/mol. The Morgan fingerprint density at radius 3 is 3.00 bits per heavy atom. The fourth-order valence-corrected chi connectivity index (χ4v) is 2.08. The van der Waals surface area contributed by atoms with Gasteiger partial charge in [0.05, 0.1) is 7.11 Å². The third kappa shape index (κ3) is 4.73. The predicted octanol–water partition coefficient (Wildman–Crippen LogP) is 2.87. The lowest BCUT2D eigenvalue weighted by molar-refractivity contribution is -0.139. The molecule has 0 fully saturated rings. The maximum absolute atomic E-state index is 11.4. The normalized spacial score (nSPS) is 11.5. The van der Waals surface area contributed by atoms with Crippen LogP contribution in [-0.4, -0.2) is 31.3 Å². The smallest absolute Gasteiger partial charge is 0.325 e. The van der Waals surface area contributed by atoms with Gasteiger partial charge in [-0.25, -0.2) is 0 Å². The standard InChI is InChI=1S/C12H15BrN4O3/c1-20-10-4-3-8(13)7-9(10)11(12(18)19)15-5-2-6-16-17-14/h3-4,7,11,15H,2,5-6H2,1H3,(H,18,19). The Morgan fingerprint density at radius 2 is 2.40 bits per heavy atom. The quantitative estimate of drug-likeness (QED) is 0.327. The average molecular weight is 343 g/mol. The number of methoxy groups -OCH3 is 1. The lowest BCUT2D eigenvalue weighted by Gasteiger charge is -2.17. The van der Waals surface area contributed by atoms with Crippen molar-refractivity contribution < 1.29 is 14.6 Å². The molecule has 20 heavy (non-hydrogen) atoms. The van der Waals surface area contributed by atoms with E-state index in [0.717, 1.165) is 4.47 Å². The van der Waals surface area contributed by atoms with Crippen LogP contribution in [0.5, 0.6) is 5.75 Å². The molecule has 0 spiro atoms. The summed E-state index contributed by atoms with van der Waals surface area (Å²) < 4.78 is 5.96. The monoisotopic (exact) mass is 342 g/mol. The molecule has 1 rings (SSSR count). The molecule has 1 atom stereocenters. The summed E-state index contributed by atoms with van der Waals surface area (Å²) in [6.45, 7) is 0.747. The lowest BCUT2D eigenvalue weighted by atomic mass is 10.1. The molecule has 0 aliphatic rings. The number of nitrogens with one attached hydrogen (secondary N) is 1. The van der Waals surface area contributed by atoms with Crippen molar-refractivity contribution >= 4 is 21.9 Å². The van der Waals surface area contributed by atoms with E-state index in [9.17, 15) is 9.90 Å². The summed E-state index contributed by atoms with van der Waals surface area (Å²) in [5.74, 6) is -0.492. The molecule has 1 unspecified atom stereocenters. The van der Waals surface area contributed by atoms with Crippen LogP contribution >= 0.6 is 15.9 Å². The molecule has 0 saturated carbocycles. The lowest BCUT2D eigenvalue weighted by Crippen LogP contribution is -2.30. The van der Waals surface area contributed by atoms with Gasteiger partial charge in [0.1, 0.15) is 11.8 Å². The number of azide groups is 1. The number of rotatable bonds is 8. The number of halogens is 1. The first-order valence-corrected chi connectivity index (χ1v) is 6.70. The van der Waals surface area contributed by atoms with Gasteiger partial charge in [-0.3, -0.25) is 4.79 Å². The van der Waals surface area contributed by atoms with Gasteiger partial charge < -0.3 is 15.2 Å². The van der Waals surface area contributed by atoms with Crippen molar-refractivity contribution in [2.45, 2.75) is 12.5 Å². The van der Waals surface area contributed by atoms with Gasteiger partial charge in [-0.15, -0.1) is 0 Å². The van der Waals surface area contributed by atoms with Gasteiger partial charge in [0.15, 0.2) is 0 Å². The van der Waals surface area contributed by atoms with Crippen LogP contribution in [0, 0.1) is 0 Å². The first-order chi connectivity index (χ1) is 9.60. The molecule has 0 saturated heterocycles. The van der Waals surface area contributed by atoms with Crippen molar-refractivity contribution in [1.29, 1.82) is 0 Å². The number of carboxylic acids is 1. The topological polar surface area (TPSA) is 107 Å². The van der Waals surface area contributed by atoms with E-state index in [0.29, 0.717) is 30.8 Å². The van der Waals surface area contributed by atoms with E-state index in [4.69, 9.17) is 10.3 Å². The number of carboxylic acid groups (broad SMARTS) is 1. The molecule has 0 bridgehead atoms. The van der Waals surface area contributed by atoms with Crippen molar-refractivity contribution in [1.82, 2.24) is 5.32 Å². The maximum Gasteiger partial charge on any atom is 0.325 e. The first kappa shape index (κ1) is 16.3. The van der Waals surface area contributed by atoms with E-state index in [1.165, 1.54) is 7.11 Å². The van der Waals surface area contributed by atoms with Crippen LogP contribution in [0.4, 0.5) is 0 Å². The molecule has 0 amide bonds. The summed E-state index contributed by atoms with van der Waals surface area (Å²) in [6.07, 6.45) is 0.560. The van der Waals surface area contributed by atoms with Gasteiger partial charge in [0.25, 0.3) is 0 Å². The number of hydrogen-bond acceptors (Lipinski definition) is 4. The highest BCUT2D eigenvalue weighted by atomic mass is 79.9. The largest absolute Gasteiger partial charge is 0.496 e. The van der Waals surface area contributed by atoms with E-state index in [2.05, 4.69) is 31.3 Å². The van der Waals surface area contributed by atoms with Crippen molar-refractivity contribution in [2.75, 3.05) is 20.2 Å². The minimum Gasteiger partial charge on any atom is -0.496 e. The molecule has 0 aliphatic carbocycles. The number of aliphatic carboxylic acids is 1. The Morgan fingerprint density at radius 1 is 1.65 bits per heavy atom. The van der Waals surface area contributed by atoms with Crippen molar-refractivity contribution in [2.24, 2.45) is 5.11 Å². The Bertz CT molecular complexity index is 517. The number of ether oxygens (including phenoxy) is 1. The van der Waals surface area contributed by atoms with Crippen molar-refractivity contribution in [3.05, 3.63) is 38.7 Å². The van der Waals surface area contributed by atoms with Crippen LogP contribution in [0.1, 0.15) is 18.0 Å². The van der Waals surface area contributed by atoms with E-state index < -0.39 is 12.0 Å². The molecule has 108 valence electrons. The zero-order valence-electron chi connectivity index (χ0n) is 10.9. The molecular formula is C12H15BrN4O3. The van der Waals surface area contributed by atoms with E-state index in [1.54, 1.807) is 18.2 Å². The Balaban J connectivity index is 2.82. The summed E-state index contributed by atoms with van der Waals surface area (Å²) in [7, 11) is 1.49. The number of hydrogen-bond donors (Lipinski definition) is 2. The summed E-state index contributed by atoms with van der Waals surface area (Å²) in [4.78, 5) is 14.0. The van der Waals surface area contributed by atoms with Crippen LogP contribution in [-0.2, 0) is 4.79 Å². The second-order valence-corrected chi connectivity index (χ2v) is 4.84. The SMILES string of the molecule is COc1ccc(Br)cc1C(NCCCN=[N+]=[N-])C(=O)O. The van der Waals surface area contributed by atoms with Crippen LogP contribution in [0.2, 0.25) is 0 Å². The maximum atomic E-state index is 11.4. The van der Waals surface area contributed by atoms with Gasteiger partial charge in [-0.05, 0) is 36.7 Å². The fraction of sp³-hybridized carbons (Fsp3) is 0.417. The second-order valence-electron chi connectivity index (χ2n) is 3.92. The number of nitrogens with zero attached hydrogens (tertiary/aromatic N) is 3. The molecule has 0 aromatic heterocycles. The van der Waals surface area contributed by atoms with Crippen LogP contribution < -0.4 is 10.1 Å². The van der Waals surface area contributed by atoms with Crippen molar-refractivity contribution in [3.8, 4) is 5.75 Å². The molecule has 0 radical (unpaired) electrons. The molecule has 0 aliphatic heterocycles. The average Bonchev–Trinajstić information content (AvgIpc) is 2.42. The van der Waals surface area contributed by atoms with Gasteiger partial charge in [0, 0.05) is 21.5 Å². The summed E-state index contributed by atoms with van der Waals surface area (Å²) in [5.41, 5.74) is 8.70. The zero-order chi connectivity index (χ0) is 15.0. The molecule has 0 heterocycles. The summed E-state index contributed by atoms with van der Waals surface area (Å²) in [6, 6.07) is 4.31. The molecule has 7 nitrogen and oxygen atoms in total.